The van der Waals surface area contributed by atoms with E-state index in [9.17, 15) is 5.11 Å². The Hall–Kier alpha value is -1.57. The van der Waals surface area contributed by atoms with E-state index in [1.807, 2.05) is 12.1 Å². The highest BCUT2D eigenvalue weighted by atomic mass is 16.3. The molecule has 0 heterocycles. The quantitative estimate of drug-likeness (QED) is 0.709. The number of rotatable bonds is 2. The smallest absolute Gasteiger partial charge is 0.119 e. The zero-order valence-corrected chi connectivity index (χ0v) is 7.98. The number of benzene rings is 1. The van der Waals surface area contributed by atoms with Gasteiger partial charge in [-0.25, -0.2) is 0 Å². The Morgan fingerprint density at radius 2 is 2.36 bits per heavy atom. The largest absolute Gasteiger partial charge is 0.508 e. The Morgan fingerprint density at radius 3 is 3.14 bits per heavy atom. The highest BCUT2D eigenvalue weighted by molar-refractivity contribution is 5.70. The van der Waals surface area contributed by atoms with E-state index in [4.69, 9.17) is 0 Å². The first-order chi connectivity index (χ1) is 6.83. The molecule has 0 fully saturated rings. The van der Waals surface area contributed by atoms with Gasteiger partial charge >= 0.3 is 0 Å². The molecule has 0 spiro atoms. The minimum Gasteiger partial charge on any atom is -0.508 e. The maximum atomic E-state index is 9.60. The third-order valence-corrected chi connectivity index (χ3v) is 2.59. The summed E-state index contributed by atoms with van der Waals surface area (Å²) in [5.41, 5.74) is 2.21. The van der Waals surface area contributed by atoms with E-state index in [0.29, 0.717) is 5.75 Å². The molecule has 0 amide bonds. The topological polar surface area (TPSA) is 32.6 Å². The standard InChI is InChI=1S/C12H13NO/c1-2-8-13-11-7-6-10-9(11)4-3-5-12(10)14/h2-5,8,11,14H,1,6-7H2. The lowest BCUT2D eigenvalue weighted by Gasteiger charge is -2.05. The number of allylic oxidation sites excluding steroid dienone is 1. The lowest BCUT2D eigenvalue weighted by Crippen LogP contribution is -1.88. The second kappa shape index (κ2) is 3.66. The number of aromatic hydroxyl groups is 1. The Kier molecular flexibility index (Phi) is 2.35. The average Bonchev–Trinajstić information content (AvgIpc) is 2.60. The fourth-order valence-electron chi connectivity index (χ4n) is 1.93. The molecule has 1 aromatic rings. The number of hydrogen-bond donors (Lipinski definition) is 1. The molecule has 0 aromatic heterocycles. The third-order valence-electron chi connectivity index (χ3n) is 2.59. The van der Waals surface area contributed by atoms with Gasteiger partial charge in [0.1, 0.15) is 5.75 Å². The van der Waals surface area contributed by atoms with Crippen LogP contribution in [0.4, 0.5) is 0 Å². The summed E-state index contributed by atoms with van der Waals surface area (Å²) in [7, 11) is 0. The van der Waals surface area contributed by atoms with Crippen molar-refractivity contribution in [1.82, 2.24) is 0 Å². The molecule has 1 atom stereocenters. The Bertz CT molecular complexity index is 382. The van der Waals surface area contributed by atoms with E-state index < -0.39 is 0 Å². The van der Waals surface area contributed by atoms with Crippen molar-refractivity contribution in [3.8, 4) is 5.75 Å². The monoisotopic (exact) mass is 187 g/mol. The third kappa shape index (κ3) is 1.43. The predicted octanol–water partition coefficient (Wildman–Crippen LogP) is 2.64. The van der Waals surface area contributed by atoms with E-state index in [0.717, 1.165) is 24.0 Å². The molecule has 1 aliphatic rings. The van der Waals surface area contributed by atoms with Crippen LogP contribution in [0.25, 0.3) is 0 Å². The Labute approximate surface area is 83.6 Å². The van der Waals surface area contributed by atoms with Crippen LogP contribution in [0, 0.1) is 0 Å². The van der Waals surface area contributed by atoms with Crippen LogP contribution >= 0.6 is 0 Å². The van der Waals surface area contributed by atoms with Crippen LogP contribution in [0.5, 0.6) is 5.75 Å². The first-order valence-corrected chi connectivity index (χ1v) is 4.78. The molecular weight excluding hydrogens is 174 g/mol. The molecule has 2 heteroatoms. The summed E-state index contributed by atoms with van der Waals surface area (Å²) in [5, 5.41) is 9.60. The summed E-state index contributed by atoms with van der Waals surface area (Å²) in [5.74, 6) is 0.402. The van der Waals surface area contributed by atoms with Gasteiger partial charge in [-0.1, -0.05) is 24.8 Å². The summed E-state index contributed by atoms with van der Waals surface area (Å²) in [6.07, 6.45) is 5.31. The molecule has 0 saturated heterocycles. The molecule has 1 aromatic carbocycles. The number of aliphatic imine (C=N–C) groups is 1. The normalized spacial score (nSPS) is 19.9. The minimum atomic E-state index is 0.204. The van der Waals surface area contributed by atoms with Crippen molar-refractivity contribution < 1.29 is 5.11 Å². The number of fused-ring (bicyclic) bond motifs is 1. The van der Waals surface area contributed by atoms with Gasteiger partial charge in [-0.2, -0.15) is 0 Å². The van der Waals surface area contributed by atoms with E-state index in [1.165, 1.54) is 0 Å². The molecule has 72 valence electrons. The van der Waals surface area contributed by atoms with E-state index >= 15 is 0 Å². The van der Waals surface area contributed by atoms with Crippen LogP contribution in [-0.4, -0.2) is 11.3 Å². The molecule has 1 aliphatic carbocycles. The summed E-state index contributed by atoms with van der Waals surface area (Å²) >= 11 is 0. The van der Waals surface area contributed by atoms with Crippen molar-refractivity contribution in [3.63, 3.8) is 0 Å². The van der Waals surface area contributed by atoms with E-state index in [-0.39, 0.29) is 6.04 Å². The Morgan fingerprint density at radius 1 is 1.50 bits per heavy atom. The second-order valence-corrected chi connectivity index (χ2v) is 3.43. The molecule has 2 nitrogen and oxygen atoms in total. The van der Waals surface area contributed by atoms with Crippen LogP contribution in [0.2, 0.25) is 0 Å². The zero-order chi connectivity index (χ0) is 9.97. The van der Waals surface area contributed by atoms with Gasteiger partial charge in [0.15, 0.2) is 0 Å². The molecule has 0 aliphatic heterocycles. The molecule has 1 unspecified atom stereocenters. The lowest BCUT2D eigenvalue weighted by atomic mass is 10.1. The van der Waals surface area contributed by atoms with E-state index in [1.54, 1.807) is 18.4 Å². The first kappa shape index (κ1) is 9.00. The molecule has 0 saturated carbocycles. The van der Waals surface area contributed by atoms with Crippen molar-refractivity contribution in [1.29, 1.82) is 0 Å². The fourth-order valence-corrected chi connectivity index (χ4v) is 1.93. The van der Waals surface area contributed by atoms with Crippen LogP contribution in [-0.2, 0) is 6.42 Å². The van der Waals surface area contributed by atoms with Crippen LogP contribution in [0.3, 0.4) is 0 Å². The highest BCUT2D eigenvalue weighted by Gasteiger charge is 2.23. The molecular formula is C12H13NO. The molecule has 1 N–H and O–H groups in total. The van der Waals surface area contributed by atoms with Gasteiger partial charge in [-0.15, -0.1) is 0 Å². The predicted molar refractivity (Wildman–Crippen MR) is 57.9 cm³/mol. The van der Waals surface area contributed by atoms with Crippen molar-refractivity contribution in [3.05, 3.63) is 42.0 Å². The van der Waals surface area contributed by atoms with Crippen molar-refractivity contribution in [2.45, 2.75) is 18.9 Å². The van der Waals surface area contributed by atoms with Gasteiger partial charge < -0.3 is 5.11 Å². The fraction of sp³-hybridized carbons (Fsp3) is 0.250. The van der Waals surface area contributed by atoms with Gasteiger partial charge in [0.05, 0.1) is 6.04 Å². The number of hydrogen-bond acceptors (Lipinski definition) is 2. The van der Waals surface area contributed by atoms with Crippen molar-refractivity contribution in [2.75, 3.05) is 0 Å². The van der Waals surface area contributed by atoms with Gasteiger partial charge in [0.2, 0.25) is 0 Å². The molecule has 14 heavy (non-hydrogen) atoms. The molecule has 0 bridgehead atoms. The van der Waals surface area contributed by atoms with Gasteiger partial charge in [0, 0.05) is 6.21 Å². The number of phenolic OH excluding ortho intramolecular Hbond substituents is 1. The van der Waals surface area contributed by atoms with Crippen molar-refractivity contribution >= 4 is 6.21 Å². The summed E-state index contributed by atoms with van der Waals surface area (Å²) < 4.78 is 0. The van der Waals surface area contributed by atoms with Gasteiger partial charge in [-0.3, -0.25) is 4.99 Å². The van der Waals surface area contributed by atoms with Gasteiger partial charge in [-0.05, 0) is 30.0 Å². The Balaban J connectivity index is 2.35. The maximum Gasteiger partial charge on any atom is 0.119 e. The van der Waals surface area contributed by atoms with Gasteiger partial charge in [0.25, 0.3) is 0 Å². The van der Waals surface area contributed by atoms with Crippen molar-refractivity contribution in [2.24, 2.45) is 4.99 Å². The summed E-state index contributed by atoms with van der Waals surface area (Å²) in [4.78, 5) is 4.37. The van der Waals surface area contributed by atoms with Crippen LogP contribution in [0.15, 0.2) is 35.8 Å². The highest BCUT2D eigenvalue weighted by Crippen LogP contribution is 2.38. The second-order valence-electron chi connectivity index (χ2n) is 3.43. The SMILES string of the molecule is C=CC=NC1CCc2c(O)cccc21. The summed E-state index contributed by atoms with van der Waals surface area (Å²) in [6.45, 7) is 3.60. The summed E-state index contributed by atoms with van der Waals surface area (Å²) in [6, 6.07) is 5.84. The molecule has 2 rings (SSSR count). The molecule has 0 radical (unpaired) electrons. The lowest BCUT2D eigenvalue weighted by molar-refractivity contribution is 0.469. The number of phenols is 1. The van der Waals surface area contributed by atoms with Crippen LogP contribution < -0.4 is 0 Å². The maximum absolute atomic E-state index is 9.60. The first-order valence-electron chi connectivity index (χ1n) is 4.78. The minimum absolute atomic E-state index is 0.204. The number of nitrogens with zero attached hydrogens (tertiary/aromatic N) is 1. The van der Waals surface area contributed by atoms with E-state index in [2.05, 4.69) is 11.6 Å². The van der Waals surface area contributed by atoms with Crippen LogP contribution in [0.1, 0.15) is 23.6 Å². The zero-order valence-electron chi connectivity index (χ0n) is 7.98. The average molecular weight is 187 g/mol.